The smallest absolute Gasteiger partial charge is 0.252 e. The van der Waals surface area contributed by atoms with Crippen LogP contribution in [0, 0.1) is 6.92 Å². The van der Waals surface area contributed by atoms with E-state index in [0.717, 1.165) is 23.5 Å². The number of H-pyrrole nitrogens is 1. The summed E-state index contributed by atoms with van der Waals surface area (Å²) in [6.45, 7) is 3.95. The molecule has 1 aromatic carbocycles. The van der Waals surface area contributed by atoms with E-state index in [1.54, 1.807) is 12.4 Å². The second-order valence-corrected chi connectivity index (χ2v) is 4.69. The van der Waals surface area contributed by atoms with Gasteiger partial charge in [-0.15, -0.1) is 0 Å². The number of aromatic nitrogens is 2. The normalized spacial score (nSPS) is 11.9. The molecule has 0 fully saturated rings. The molecule has 0 aliphatic rings. The quantitative estimate of drug-likeness (QED) is 0.783. The highest BCUT2D eigenvalue weighted by atomic mass is 16.1. The number of aryl methyl sites for hydroxylation is 1. The molecule has 5 heteroatoms. The van der Waals surface area contributed by atoms with E-state index in [4.69, 9.17) is 0 Å². The average Bonchev–Trinajstić information content (AvgIpc) is 2.98. The van der Waals surface area contributed by atoms with Gasteiger partial charge in [-0.1, -0.05) is 6.92 Å². The number of nitrogens with zero attached hydrogens (tertiary/aromatic N) is 1. The molecule has 1 amide bonds. The molecule has 2 rings (SSSR count). The molecule has 20 heavy (non-hydrogen) atoms. The highest BCUT2D eigenvalue weighted by Crippen LogP contribution is 2.17. The molecule has 0 saturated carbocycles. The van der Waals surface area contributed by atoms with Crippen LogP contribution in [0.1, 0.15) is 41.1 Å². The molecule has 1 atom stereocenters. The Morgan fingerprint density at radius 3 is 2.80 bits per heavy atom. The van der Waals surface area contributed by atoms with E-state index in [0.29, 0.717) is 5.56 Å². The van der Waals surface area contributed by atoms with E-state index in [-0.39, 0.29) is 11.9 Å². The maximum absolute atomic E-state index is 12.4. The standard InChI is InChI=1S/C15H20N4O/c1-4-13(14-17-7-8-18-14)19-15(20)12-6-5-11(16-3)9-10(12)2/h5-9,13,16H,4H2,1-3H3,(H,17,18)(H,19,20). The number of hydrogen-bond donors (Lipinski definition) is 3. The average molecular weight is 272 g/mol. The Morgan fingerprint density at radius 1 is 1.45 bits per heavy atom. The fourth-order valence-electron chi connectivity index (χ4n) is 2.14. The van der Waals surface area contributed by atoms with Gasteiger partial charge in [-0.3, -0.25) is 4.79 Å². The second kappa shape index (κ2) is 6.23. The molecule has 2 aromatic rings. The summed E-state index contributed by atoms with van der Waals surface area (Å²) in [7, 11) is 1.86. The summed E-state index contributed by atoms with van der Waals surface area (Å²) in [5.74, 6) is 0.707. The number of hydrogen-bond acceptors (Lipinski definition) is 3. The van der Waals surface area contributed by atoms with Crippen molar-refractivity contribution in [3.8, 4) is 0 Å². The van der Waals surface area contributed by atoms with Crippen LogP contribution in [0.3, 0.4) is 0 Å². The van der Waals surface area contributed by atoms with Crippen LogP contribution in [0.2, 0.25) is 0 Å². The van der Waals surface area contributed by atoms with Crippen molar-refractivity contribution in [2.24, 2.45) is 0 Å². The predicted octanol–water partition coefficient (Wildman–Crippen LogP) is 2.64. The first-order valence-corrected chi connectivity index (χ1v) is 6.74. The third-order valence-electron chi connectivity index (χ3n) is 3.32. The van der Waals surface area contributed by atoms with Crippen molar-refractivity contribution in [1.82, 2.24) is 15.3 Å². The summed E-state index contributed by atoms with van der Waals surface area (Å²) >= 11 is 0. The van der Waals surface area contributed by atoms with Gasteiger partial charge in [0.15, 0.2) is 0 Å². The molecular formula is C15H20N4O. The molecule has 1 aromatic heterocycles. The zero-order valence-electron chi connectivity index (χ0n) is 12.0. The lowest BCUT2D eigenvalue weighted by Crippen LogP contribution is -2.29. The number of aromatic amines is 1. The summed E-state index contributed by atoms with van der Waals surface area (Å²) in [6, 6.07) is 5.60. The summed E-state index contributed by atoms with van der Waals surface area (Å²) in [5, 5.41) is 6.07. The molecule has 0 aliphatic heterocycles. The molecule has 5 nitrogen and oxygen atoms in total. The van der Waals surface area contributed by atoms with Crippen LogP contribution in [0.25, 0.3) is 0 Å². The third kappa shape index (κ3) is 2.99. The Bertz CT molecular complexity index is 578. The van der Waals surface area contributed by atoms with Crippen LogP contribution < -0.4 is 10.6 Å². The van der Waals surface area contributed by atoms with Gasteiger partial charge < -0.3 is 15.6 Å². The van der Waals surface area contributed by atoms with Crippen LogP contribution in [-0.2, 0) is 0 Å². The number of imidazole rings is 1. The zero-order chi connectivity index (χ0) is 14.5. The van der Waals surface area contributed by atoms with Gasteiger partial charge in [0.1, 0.15) is 5.82 Å². The van der Waals surface area contributed by atoms with Crippen molar-refractivity contribution in [3.63, 3.8) is 0 Å². The molecule has 0 spiro atoms. The molecule has 1 unspecified atom stereocenters. The van der Waals surface area contributed by atoms with Crippen molar-refractivity contribution >= 4 is 11.6 Å². The molecule has 0 aliphatic carbocycles. The fraction of sp³-hybridized carbons (Fsp3) is 0.333. The minimum absolute atomic E-state index is 0.0756. The first-order valence-electron chi connectivity index (χ1n) is 6.74. The lowest BCUT2D eigenvalue weighted by molar-refractivity contribution is 0.0933. The Labute approximate surface area is 118 Å². The predicted molar refractivity (Wildman–Crippen MR) is 79.8 cm³/mol. The Kier molecular flexibility index (Phi) is 4.40. The Balaban J connectivity index is 2.15. The number of amides is 1. The van der Waals surface area contributed by atoms with Crippen LogP contribution in [0.15, 0.2) is 30.6 Å². The monoisotopic (exact) mass is 272 g/mol. The van der Waals surface area contributed by atoms with E-state index in [1.165, 1.54) is 0 Å². The van der Waals surface area contributed by atoms with Gasteiger partial charge in [0.2, 0.25) is 0 Å². The van der Waals surface area contributed by atoms with Gasteiger partial charge in [0.25, 0.3) is 5.91 Å². The van der Waals surface area contributed by atoms with E-state index in [9.17, 15) is 4.79 Å². The molecular weight excluding hydrogens is 252 g/mol. The zero-order valence-corrected chi connectivity index (χ0v) is 12.0. The molecule has 106 valence electrons. The van der Waals surface area contributed by atoms with Crippen molar-refractivity contribution in [1.29, 1.82) is 0 Å². The van der Waals surface area contributed by atoms with Crippen molar-refractivity contribution in [2.45, 2.75) is 26.3 Å². The maximum Gasteiger partial charge on any atom is 0.252 e. The number of anilines is 1. The van der Waals surface area contributed by atoms with Gasteiger partial charge >= 0.3 is 0 Å². The highest BCUT2D eigenvalue weighted by molar-refractivity contribution is 5.96. The summed E-state index contributed by atoms with van der Waals surface area (Å²) in [6.07, 6.45) is 4.24. The number of carbonyl (C=O) groups excluding carboxylic acids is 1. The van der Waals surface area contributed by atoms with Crippen molar-refractivity contribution < 1.29 is 4.79 Å². The molecule has 0 bridgehead atoms. The molecule has 0 saturated heterocycles. The molecule has 3 N–H and O–H groups in total. The Morgan fingerprint density at radius 2 is 2.25 bits per heavy atom. The molecule has 0 radical (unpaired) electrons. The van der Waals surface area contributed by atoms with E-state index in [2.05, 4.69) is 20.6 Å². The summed E-state index contributed by atoms with van der Waals surface area (Å²) in [4.78, 5) is 19.6. The third-order valence-corrected chi connectivity index (χ3v) is 3.32. The summed E-state index contributed by atoms with van der Waals surface area (Å²) < 4.78 is 0. The van der Waals surface area contributed by atoms with Gasteiger partial charge in [0.05, 0.1) is 6.04 Å². The SMILES string of the molecule is CCC(NC(=O)c1ccc(NC)cc1C)c1ncc[nH]1. The van der Waals surface area contributed by atoms with Crippen LogP contribution >= 0.6 is 0 Å². The number of benzene rings is 1. The van der Waals surface area contributed by atoms with Gasteiger partial charge in [0, 0.05) is 30.7 Å². The number of rotatable bonds is 5. The van der Waals surface area contributed by atoms with E-state index >= 15 is 0 Å². The van der Waals surface area contributed by atoms with Crippen LogP contribution in [0.5, 0.6) is 0 Å². The fourth-order valence-corrected chi connectivity index (χ4v) is 2.14. The van der Waals surface area contributed by atoms with E-state index in [1.807, 2.05) is 39.1 Å². The molecule has 1 heterocycles. The minimum Gasteiger partial charge on any atom is -0.388 e. The first kappa shape index (κ1) is 14.1. The van der Waals surface area contributed by atoms with Crippen LogP contribution in [-0.4, -0.2) is 22.9 Å². The van der Waals surface area contributed by atoms with Crippen LogP contribution in [0.4, 0.5) is 5.69 Å². The largest absolute Gasteiger partial charge is 0.388 e. The summed E-state index contributed by atoms with van der Waals surface area (Å²) in [5.41, 5.74) is 2.63. The van der Waals surface area contributed by atoms with Gasteiger partial charge in [-0.25, -0.2) is 4.98 Å². The number of nitrogens with one attached hydrogen (secondary N) is 3. The van der Waals surface area contributed by atoms with Crippen molar-refractivity contribution in [3.05, 3.63) is 47.5 Å². The Hall–Kier alpha value is -2.30. The maximum atomic E-state index is 12.4. The topological polar surface area (TPSA) is 69.8 Å². The number of carbonyl (C=O) groups is 1. The second-order valence-electron chi connectivity index (χ2n) is 4.69. The van der Waals surface area contributed by atoms with Gasteiger partial charge in [-0.2, -0.15) is 0 Å². The highest BCUT2D eigenvalue weighted by Gasteiger charge is 2.17. The lowest BCUT2D eigenvalue weighted by atomic mass is 10.1. The van der Waals surface area contributed by atoms with E-state index < -0.39 is 0 Å². The van der Waals surface area contributed by atoms with Crippen molar-refractivity contribution in [2.75, 3.05) is 12.4 Å². The first-order chi connectivity index (χ1) is 9.65. The van der Waals surface area contributed by atoms with Gasteiger partial charge in [-0.05, 0) is 37.1 Å². The lowest BCUT2D eigenvalue weighted by Gasteiger charge is -2.16. The minimum atomic E-state index is -0.0964.